The molecule has 16 heavy (non-hydrogen) atoms. The van der Waals surface area contributed by atoms with Crippen molar-refractivity contribution >= 4 is 5.97 Å². The molecule has 1 radical (unpaired) electrons. The van der Waals surface area contributed by atoms with E-state index in [4.69, 9.17) is 4.74 Å². The Bertz CT molecular complexity index is 227. The SMILES string of the molecule is O=C(OC1[CH]CCC1)[C@H](O)C1CCCCC1. The molecule has 0 bridgehead atoms. The highest BCUT2D eigenvalue weighted by atomic mass is 16.6. The zero-order valence-corrected chi connectivity index (χ0v) is 9.73. The molecule has 0 aromatic carbocycles. The molecule has 0 amide bonds. The Labute approximate surface area is 97.2 Å². The lowest BCUT2D eigenvalue weighted by Gasteiger charge is -2.26. The van der Waals surface area contributed by atoms with Crippen molar-refractivity contribution in [3.63, 3.8) is 0 Å². The Balaban J connectivity index is 1.78. The molecule has 2 rings (SSSR count). The third-order valence-corrected chi connectivity index (χ3v) is 3.73. The zero-order valence-electron chi connectivity index (χ0n) is 9.73. The van der Waals surface area contributed by atoms with Crippen LogP contribution in [-0.2, 0) is 9.53 Å². The normalized spacial score (nSPS) is 25.6. The summed E-state index contributed by atoms with van der Waals surface area (Å²) in [5.41, 5.74) is 0. The predicted octanol–water partition coefficient (Wildman–Crippen LogP) is 2.23. The summed E-state index contributed by atoms with van der Waals surface area (Å²) in [4.78, 5) is 11.7. The predicted molar refractivity (Wildman–Crippen MR) is 60.6 cm³/mol. The van der Waals surface area contributed by atoms with Crippen LogP contribution in [0.2, 0.25) is 0 Å². The number of esters is 1. The highest BCUT2D eigenvalue weighted by Crippen LogP contribution is 2.28. The average Bonchev–Trinajstić information content (AvgIpc) is 2.82. The number of rotatable bonds is 3. The van der Waals surface area contributed by atoms with E-state index in [2.05, 4.69) is 0 Å². The van der Waals surface area contributed by atoms with E-state index in [1.54, 1.807) is 0 Å². The highest BCUT2D eigenvalue weighted by molar-refractivity contribution is 5.75. The zero-order chi connectivity index (χ0) is 11.4. The van der Waals surface area contributed by atoms with E-state index < -0.39 is 12.1 Å². The molecule has 3 heteroatoms. The quantitative estimate of drug-likeness (QED) is 0.749. The second-order valence-electron chi connectivity index (χ2n) is 4.98. The van der Waals surface area contributed by atoms with E-state index in [1.165, 1.54) is 6.42 Å². The van der Waals surface area contributed by atoms with Crippen molar-refractivity contribution in [3.8, 4) is 0 Å². The maximum atomic E-state index is 11.7. The van der Waals surface area contributed by atoms with Crippen molar-refractivity contribution in [1.82, 2.24) is 0 Å². The first-order chi connectivity index (χ1) is 7.77. The van der Waals surface area contributed by atoms with Crippen molar-refractivity contribution in [2.75, 3.05) is 0 Å². The van der Waals surface area contributed by atoms with Crippen LogP contribution in [-0.4, -0.2) is 23.3 Å². The van der Waals surface area contributed by atoms with Gasteiger partial charge in [-0.25, -0.2) is 4.79 Å². The van der Waals surface area contributed by atoms with Gasteiger partial charge in [-0.1, -0.05) is 19.3 Å². The van der Waals surface area contributed by atoms with Gasteiger partial charge < -0.3 is 9.84 Å². The van der Waals surface area contributed by atoms with Gasteiger partial charge in [-0.3, -0.25) is 0 Å². The van der Waals surface area contributed by atoms with E-state index in [0.717, 1.165) is 44.9 Å². The standard InChI is InChI=1S/C13H21O3/c14-12(10-6-2-1-3-7-10)13(15)16-11-8-4-5-9-11/h8,10-12,14H,1-7,9H2/t11?,12-/m1/s1. The van der Waals surface area contributed by atoms with Gasteiger partial charge in [0.2, 0.25) is 0 Å². The third kappa shape index (κ3) is 2.97. The minimum atomic E-state index is -0.894. The minimum absolute atomic E-state index is 0.0502. The smallest absolute Gasteiger partial charge is 0.335 e. The monoisotopic (exact) mass is 225 g/mol. The average molecular weight is 225 g/mol. The van der Waals surface area contributed by atoms with Crippen LogP contribution in [0.25, 0.3) is 0 Å². The molecule has 91 valence electrons. The van der Waals surface area contributed by atoms with Crippen molar-refractivity contribution in [2.45, 2.75) is 63.6 Å². The molecule has 2 aliphatic rings. The first-order valence-electron chi connectivity index (χ1n) is 6.49. The third-order valence-electron chi connectivity index (χ3n) is 3.73. The van der Waals surface area contributed by atoms with Crippen LogP contribution in [0.4, 0.5) is 0 Å². The van der Waals surface area contributed by atoms with Crippen LogP contribution in [0, 0.1) is 12.3 Å². The van der Waals surface area contributed by atoms with Gasteiger partial charge in [0.05, 0.1) is 0 Å². The lowest BCUT2D eigenvalue weighted by atomic mass is 9.85. The van der Waals surface area contributed by atoms with Gasteiger partial charge in [-0.05, 0) is 38.0 Å². The van der Waals surface area contributed by atoms with E-state index in [1.807, 2.05) is 6.42 Å². The molecule has 0 spiro atoms. The highest BCUT2D eigenvalue weighted by Gasteiger charge is 2.31. The molecule has 0 aliphatic heterocycles. The second kappa shape index (κ2) is 5.67. The van der Waals surface area contributed by atoms with Crippen LogP contribution in [0.1, 0.15) is 51.4 Å². The summed E-state index contributed by atoms with van der Waals surface area (Å²) in [6, 6.07) is 0. The summed E-state index contributed by atoms with van der Waals surface area (Å²) in [7, 11) is 0. The molecule has 1 unspecified atom stereocenters. The Hall–Kier alpha value is -0.570. The van der Waals surface area contributed by atoms with Crippen molar-refractivity contribution in [3.05, 3.63) is 6.42 Å². The molecule has 0 heterocycles. The second-order valence-corrected chi connectivity index (χ2v) is 4.98. The fourth-order valence-electron chi connectivity index (χ4n) is 2.71. The van der Waals surface area contributed by atoms with Gasteiger partial charge in [0.15, 0.2) is 6.10 Å². The Morgan fingerprint density at radius 3 is 2.56 bits per heavy atom. The van der Waals surface area contributed by atoms with Gasteiger partial charge in [0, 0.05) is 6.42 Å². The number of hydrogen-bond donors (Lipinski definition) is 1. The molecule has 3 nitrogen and oxygen atoms in total. The fraction of sp³-hybridized carbons (Fsp3) is 0.846. The summed E-state index contributed by atoms with van der Waals surface area (Å²) in [5.74, 6) is -0.280. The van der Waals surface area contributed by atoms with E-state index >= 15 is 0 Å². The first-order valence-corrected chi connectivity index (χ1v) is 6.49. The molecular weight excluding hydrogens is 204 g/mol. The molecule has 2 fully saturated rings. The molecule has 2 aliphatic carbocycles. The van der Waals surface area contributed by atoms with Crippen LogP contribution < -0.4 is 0 Å². The number of carbonyl (C=O) groups excluding carboxylic acids is 1. The van der Waals surface area contributed by atoms with Crippen LogP contribution in [0.5, 0.6) is 0 Å². The number of aliphatic hydroxyl groups is 1. The molecule has 2 atom stereocenters. The van der Waals surface area contributed by atoms with Crippen molar-refractivity contribution < 1.29 is 14.6 Å². The molecule has 0 aromatic rings. The van der Waals surface area contributed by atoms with Gasteiger partial charge in [0.1, 0.15) is 6.10 Å². The number of ether oxygens (including phenoxy) is 1. The van der Waals surface area contributed by atoms with Crippen LogP contribution in [0.15, 0.2) is 0 Å². The topological polar surface area (TPSA) is 46.5 Å². The fourth-order valence-corrected chi connectivity index (χ4v) is 2.71. The van der Waals surface area contributed by atoms with E-state index in [-0.39, 0.29) is 12.0 Å². The maximum Gasteiger partial charge on any atom is 0.335 e. The molecule has 0 saturated heterocycles. The van der Waals surface area contributed by atoms with Gasteiger partial charge in [-0.2, -0.15) is 0 Å². The summed E-state index contributed by atoms with van der Waals surface area (Å²) >= 11 is 0. The molecular formula is C13H21O3. The summed E-state index contributed by atoms with van der Waals surface area (Å²) in [5, 5.41) is 9.91. The van der Waals surface area contributed by atoms with Gasteiger partial charge >= 0.3 is 5.97 Å². The number of hydrogen-bond acceptors (Lipinski definition) is 3. The van der Waals surface area contributed by atoms with Crippen molar-refractivity contribution in [1.29, 1.82) is 0 Å². The maximum absolute atomic E-state index is 11.7. The van der Waals surface area contributed by atoms with Gasteiger partial charge in [-0.15, -0.1) is 0 Å². The molecule has 0 aromatic heterocycles. The minimum Gasteiger partial charge on any atom is -0.460 e. The largest absolute Gasteiger partial charge is 0.460 e. The van der Waals surface area contributed by atoms with Crippen molar-refractivity contribution in [2.24, 2.45) is 5.92 Å². The Morgan fingerprint density at radius 1 is 1.19 bits per heavy atom. The summed E-state index contributed by atoms with van der Waals surface area (Å²) in [6.45, 7) is 0. The summed E-state index contributed by atoms with van der Waals surface area (Å²) < 4.78 is 5.28. The number of carbonyl (C=O) groups is 1. The van der Waals surface area contributed by atoms with Crippen LogP contribution in [0.3, 0.4) is 0 Å². The van der Waals surface area contributed by atoms with Gasteiger partial charge in [0.25, 0.3) is 0 Å². The number of aliphatic hydroxyl groups excluding tert-OH is 1. The molecule has 2 saturated carbocycles. The lowest BCUT2D eigenvalue weighted by Crippen LogP contribution is -2.34. The summed E-state index contributed by atoms with van der Waals surface area (Å²) in [6.07, 6.45) is 9.54. The first kappa shape index (κ1) is 11.9. The lowest BCUT2D eigenvalue weighted by molar-refractivity contribution is -0.161. The van der Waals surface area contributed by atoms with E-state index in [9.17, 15) is 9.90 Å². The Morgan fingerprint density at radius 2 is 1.94 bits per heavy atom. The van der Waals surface area contributed by atoms with E-state index in [0.29, 0.717) is 0 Å². The molecule has 1 N–H and O–H groups in total. The Kier molecular flexibility index (Phi) is 4.22. The van der Waals surface area contributed by atoms with Crippen LogP contribution >= 0.6 is 0 Å².